The second-order valence-electron chi connectivity index (χ2n) is 10.7. The topological polar surface area (TPSA) is 166 Å². The fourth-order valence-corrected chi connectivity index (χ4v) is 4.73. The molecule has 0 saturated carbocycles. The Hall–Kier alpha value is -3.12. The molecule has 11 heteroatoms. The summed E-state index contributed by atoms with van der Waals surface area (Å²) in [5.41, 5.74) is 5.70. The van der Waals surface area contributed by atoms with Crippen LogP contribution in [0.15, 0.2) is 48.5 Å². The number of carbonyl (C=O) groups is 2. The van der Waals surface area contributed by atoms with E-state index in [1.807, 2.05) is 6.92 Å². The van der Waals surface area contributed by atoms with Crippen LogP contribution in [0.5, 0.6) is 5.75 Å². The molecule has 210 valence electrons. The molecule has 0 fully saturated rings. The summed E-state index contributed by atoms with van der Waals surface area (Å²) in [5, 5.41) is 44.4. The fourth-order valence-electron chi connectivity index (χ4n) is 4.02. The predicted molar refractivity (Wildman–Crippen MR) is 148 cm³/mol. The molecule has 2 aromatic carbocycles. The number of carboxylic acid groups (broad SMARTS) is 1. The molecule has 0 aliphatic carbocycles. The van der Waals surface area contributed by atoms with Gasteiger partial charge in [0.1, 0.15) is 5.75 Å². The molecule has 0 bridgehead atoms. The van der Waals surface area contributed by atoms with E-state index in [1.54, 1.807) is 48.5 Å². The zero-order chi connectivity index (χ0) is 28.6. The molecule has 0 spiro atoms. The summed E-state index contributed by atoms with van der Waals surface area (Å²) in [4.78, 5) is 26.2. The zero-order valence-electron chi connectivity index (χ0n) is 22.6. The first kappa shape index (κ1) is 31.1. The number of nitrogens with one attached hydrogen (secondary N) is 1. The van der Waals surface area contributed by atoms with Crippen molar-refractivity contribution in [1.29, 1.82) is 0 Å². The maximum Gasteiger partial charge on any atom is 0.409 e. The third-order valence-corrected chi connectivity index (χ3v) is 8.09. The number of benzene rings is 2. The minimum Gasteiger partial charge on any atom is -0.508 e. The Kier molecular flexibility index (Phi) is 10.7. The molecule has 2 aromatic rings. The van der Waals surface area contributed by atoms with Crippen LogP contribution in [-0.2, 0) is 11.2 Å². The largest absolute Gasteiger partial charge is 0.508 e. The monoisotopic (exact) mass is 547 g/mol. The lowest BCUT2D eigenvalue weighted by molar-refractivity contribution is -0.244. The van der Waals surface area contributed by atoms with Gasteiger partial charge in [-0.3, -0.25) is 10.2 Å². The highest BCUT2D eigenvalue weighted by Gasteiger charge is 2.56. The van der Waals surface area contributed by atoms with Gasteiger partial charge >= 0.3 is 12.2 Å². The van der Waals surface area contributed by atoms with E-state index in [0.29, 0.717) is 24.4 Å². The molecule has 0 heterocycles. The van der Waals surface area contributed by atoms with Crippen molar-refractivity contribution in [1.82, 2.24) is 10.2 Å². The van der Waals surface area contributed by atoms with Gasteiger partial charge in [-0.1, -0.05) is 69.4 Å². The van der Waals surface area contributed by atoms with Gasteiger partial charge in [0.25, 0.3) is 0 Å². The number of aliphatic hydroxyl groups is 2. The Morgan fingerprint density at radius 2 is 1.58 bits per heavy atom. The molecule has 0 aromatic heterocycles. The van der Waals surface area contributed by atoms with E-state index < -0.39 is 38.3 Å². The summed E-state index contributed by atoms with van der Waals surface area (Å²) in [6.07, 6.45) is -1.64. The van der Waals surface area contributed by atoms with E-state index in [1.165, 1.54) is 0 Å². The summed E-state index contributed by atoms with van der Waals surface area (Å²) < 4.78 is 5.35. The molecule has 10 nitrogen and oxygen atoms in total. The number of nitrogens with zero attached hydrogens (tertiary/aromatic N) is 1. The number of rotatable bonds is 13. The molecule has 0 aliphatic heterocycles. The molecule has 2 rings (SSSR count). The highest BCUT2D eigenvalue weighted by molar-refractivity contribution is 6.76. The van der Waals surface area contributed by atoms with Crippen LogP contribution in [0.25, 0.3) is 11.1 Å². The van der Waals surface area contributed by atoms with Crippen molar-refractivity contribution in [2.24, 2.45) is 5.73 Å². The summed E-state index contributed by atoms with van der Waals surface area (Å²) in [6.45, 7) is 7.54. The van der Waals surface area contributed by atoms with Crippen molar-refractivity contribution in [3.63, 3.8) is 0 Å². The first-order chi connectivity index (χ1) is 17.7. The number of ether oxygens (including phenoxy) is 1. The van der Waals surface area contributed by atoms with Crippen molar-refractivity contribution < 1.29 is 34.8 Å². The number of aromatic hydroxyl groups is 1. The molecule has 0 saturated heterocycles. The lowest BCUT2D eigenvalue weighted by Crippen LogP contribution is -2.77. The van der Waals surface area contributed by atoms with Gasteiger partial charge in [-0.15, -0.1) is 0 Å². The quantitative estimate of drug-likeness (QED) is 0.163. The normalized spacial score (nSPS) is 13.4. The van der Waals surface area contributed by atoms with Gasteiger partial charge in [0.2, 0.25) is 5.79 Å². The second kappa shape index (κ2) is 13.1. The summed E-state index contributed by atoms with van der Waals surface area (Å²) >= 11 is 0. The first-order valence-electron chi connectivity index (χ1n) is 12.7. The number of carbonyl (C=O) groups excluding carboxylic acids is 1. The van der Waals surface area contributed by atoms with Crippen molar-refractivity contribution in [3.8, 4) is 16.9 Å². The second-order valence-corrected chi connectivity index (χ2v) is 16.3. The Bertz CT molecular complexity index is 1060. The Balaban J connectivity index is 2.50. The van der Waals surface area contributed by atoms with Gasteiger partial charge in [-0.25, -0.2) is 9.59 Å². The van der Waals surface area contributed by atoms with E-state index in [9.17, 15) is 30.0 Å². The summed E-state index contributed by atoms with van der Waals surface area (Å²) in [7, 11) is -1.52. The van der Waals surface area contributed by atoms with E-state index in [2.05, 4.69) is 25.0 Å². The molecule has 1 unspecified atom stereocenters. The standard InChI is InChI=1S/C27H41N3O7Si/c1-5-6-15-30(25(33)34)26(27(35,36)19-28,29-24(32)37-16-17-38(2,3)4)18-20-7-9-21(10-8-20)22-11-13-23(31)14-12-22/h7-14,31,35-36H,5-6,15-19,28H2,1-4H3,(H,29,32)(H,33,34). The van der Waals surface area contributed by atoms with Crippen LogP contribution in [0.2, 0.25) is 25.7 Å². The molecule has 38 heavy (non-hydrogen) atoms. The smallest absolute Gasteiger partial charge is 0.409 e. The van der Waals surface area contributed by atoms with E-state index in [4.69, 9.17) is 10.5 Å². The number of alkyl carbamates (subject to hydrolysis) is 1. The molecule has 7 N–H and O–H groups in total. The number of hydrogen-bond acceptors (Lipinski definition) is 7. The van der Waals surface area contributed by atoms with Crippen molar-refractivity contribution >= 4 is 20.3 Å². The third kappa shape index (κ3) is 8.19. The summed E-state index contributed by atoms with van der Waals surface area (Å²) in [5.74, 6) is -2.69. The van der Waals surface area contributed by atoms with Crippen LogP contribution in [-0.4, -0.2) is 76.7 Å². The Morgan fingerprint density at radius 1 is 1.03 bits per heavy atom. The third-order valence-electron chi connectivity index (χ3n) is 6.38. The predicted octanol–water partition coefficient (Wildman–Crippen LogP) is 3.78. The molecule has 0 aliphatic rings. The molecule has 0 radical (unpaired) electrons. The van der Waals surface area contributed by atoms with Gasteiger partial charge in [0, 0.05) is 21.0 Å². The number of phenolic OH excluding ortho intramolecular Hbond substituents is 1. The minimum atomic E-state index is -2.83. The highest BCUT2D eigenvalue weighted by atomic mass is 28.3. The Labute approximate surface area is 225 Å². The van der Waals surface area contributed by atoms with Gasteiger partial charge in [-0.05, 0) is 41.3 Å². The maximum absolute atomic E-state index is 12.9. The Morgan fingerprint density at radius 3 is 2.05 bits per heavy atom. The number of amides is 2. The maximum atomic E-state index is 12.9. The van der Waals surface area contributed by atoms with Crippen LogP contribution >= 0.6 is 0 Å². The van der Waals surface area contributed by atoms with Gasteiger partial charge in [0.15, 0.2) is 5.66 Å². The minimum absolute atomic E-state index is 0.0739. The van der Waals surface area contributed by atoms with Crippen molar-refractivity contribution in [2.75, 3.05) is 19.7 Å². The summed E-state index contributed by atoms with van der Waals surface area (Å²) in [6, 6.07) is 14.3. The zero-order valence-corrected chi connectivity index (χ0v) is 23.6. The first-order valence-corrected chi connectivity index (χ1v) is 16.4. The number of phenols is 1. The van der Waals surface area contributed by atoms with Crippen LogP contribution < -0.4 is 11.1 Å². The number of hydrogen-bond donors (Lipinski definition) is 6. The van der Waals surface area contributed by atoms with Crippen molar-refractivity contribution in [3.05, 3.63) is 54.1 Å². The van der Waals surface area contributed by atoms with E-state index in [0.717, 1.165) is 16.0 Å². The lowest BCUT2D eigenvalue weighted by atomic mass is 9.88. The van der Waals surface area contributed by atoms with Gasteiger partial charge in [0.05, 0.1) is 13.2 Å². The lowest BCUT2D eigenvalue weighted by Gasteiger charge is -2.49. The molecular weight excluding hydrogens is 506 g/mol. The molecule has 1 atom stereocenters. The van der Waals surface area contributed by atoms with Gasteiger partial charge < -0.3 is 30.9 Å². The van der Waals surface area contributed by atoms with Crippen LogP contribution in [0.3, 0.4) is 0 Å². The van der Waals surface area contributed by atoms with E-state index >= 15 is 0 Å². The van der Waals surface area contributed by atoms with Crippen LogP contribution in [0.1, 0.15) is 25.3 Å². The van der Waals surface area contributed by atoms with E-state index in [-0.39, 0.29) is 25.3 Å². The average molecular weight is 548 g/mol. The van der Waals surface area contributed by atoms with Crippen LogP contribution in [0.4, 0.5) is 9.59 Å². The average Bonchev–Trinajstić information content (AvgIpc) is 2.84. The van der Waals surface area contributed by atoms with Crippen LogP contribution in [0, 0.1) is 0 Å². The fraction of sp³-hybridized carbons (Fsp3) is 0.481. The van der Waals surface area contributed by atoms with Gasteiger partial charge in [-0.2, -0.15) is 0 Å². The highest BCUT2D eigenvalue weighted by Crippen LogP contribution is 2.31. The number of nitrogens with two attached hydrogens (primary N) is 1. The molecule has 2 amide bonds. The number of unbranched alkanes of at least 4 members (excludes halogenated alkanes) is 1. The van der Waals surface area contributed by atoms with Crippen molar-refractivity contribution in [2.45, 2.75) is 63.3 Å². The SMILES string of the molecule is CCCCN(C(=O)O)C(Cc1ccc(-c2ccc(O)cc2)cc1)(NC(=O)OCC[Si](C)(C)C)C(O)(O)CN. The molecular formula is C27H41N3O7Si.